The van der Waals surface area contributed by atoms with Crippen molar-refractivity contribution in [1.82, 2.24) is 25.0 Å². The van der Waals surface area contributed by atoms with Gasteiger partial charge in [-0.3, -0.25) is 0 Å². The lowest BCUT2D eigenvalue weighted by molar-refractivity contribution is -0.0670. The van der Waals surface area contributed by atoms with Crippen LogP contribution >= 0.6 is 11.8 Å². The number of hydrogen-bond acceptors (Lipinski definition) is 12. The number of rotatable bonds is 13. The molecule has 15 heteroatoms. The highest BCUT2D eigenvalue weighted by Gasteiger charge is 2.45. The van der Waals surface area contributed by atoms with E-state index in [0.717, 1.165) is 18.2 Å². The number of ether oxygens (including phenoxy) is 3. The molecule has 12 nitrogen and oxygen atoms in total. The average Bonchev–Trinajstić information content (AvgIpc) is 3.53. The molecular weight excluding hydrogens is 586 g/mol. The molecule has 0 saturated heterocycles. The van der Waals surface area contributed by atoms with Crippen LogP contribution in [0, 0.1) is 17.6 Å². The van der Waals surface area contributed by atoms with Crippen LogP contribution in [0.2, 0.25) is 0 Å². The van der Waals surface area contributed by atoms with Crippen LogP contribution in [0.4, 0.5) is 19.4 Å². The highest BCUT2D eigenvalue weighted by Crippen LogP contribution is 2.44. The predicted molar refractivity (Wildman–Crippen MR) is 153 cm³/mol. The Labute approximate surface area is 251 Å². The Hall–Kier alpha value is -3.14. The normalized spacial score (nSPS) is 24.9. The number of carbonyl (C=O) groups excluding carboxylic acids is 1. The van der Waals surface area contributed by atoms with Gasteiger partial charge in [0.25, 0.3) is 0 Å². The number of nitrogens with zero attached hydrogens (tertiary/aromatic N) is 5. The number of aliphatic hydroxyl groups excluding tert-OH is 2. The van der Waals surface area contributed by atoms with E-state index in [1.807, 2.05) is 20.8 Å². The highest BCUT2D eigenvalue weighted by atomic mass is 32.2. The van der Waals surface area contributed by atoms with E-state index in [2.05, 4.69) is 25.6 Å². The van der Waals surface area contributed by atoms with E-state index in [1.54, 1.807) is 6.07 Å². The molecule has 2 saturated carbocycles. The van der Waals surface area contributed by atoms with E-state index in [0.29, 0.717) is 34.1 Å². The topological polar surface area (TPSA) is 154 Å². The molecule has 3 N–H and O–H groups in total. The number of aromatic nitrogens is 5. The maximum atomic E-state index is 13.8. The number of aliphatic hydroxyl groups is 2. The molecular formula is C28H36F2N6O6S. The first-order chi connectivity index (χ1) is 20.7. The van der Waals surface area contributed by atoms with Gasteiger partial charge in [0.15, 0.2) is 33.8 Å². The fourth-order valence-electron chi connectivity index (χ4n) is 5.01. The fourth-order valence-corrected chi connectivity index (χ4v) is 5.70. The molecule has 5 rings (SSSR count). The zero-order chi connectivity index (χ0) is 30.7. The van der Waals surface area contributed by atoms with Gasteiger partial charge in [-0.05, 0) is 36.5 Å². The Morgan fingerprint density at radius 1 is 1.14 bits per heavy atom. The van der Waals surface area contributed by atoms with Crippen LogP contribution in [-0.4, -0.2) is 91.3 Å². The summed E-state index contributed by atoms with van der Waals surface area (Å²) in [5.74, 6) is -0.381. The third kappa shape index (κ3) is 7.33. The molecule has 1 aromatic carbocycles. The van der Waals surface area contributed by atoms with E-state index in [4.69, 9.17) is 14.2 Å². The number of thioether (sulfide) groups is 1. The summed E-state index contributed by atoms with van der Waals surface area (Å²) in [6.07, 6.45) is -2.15. The first-order valence-corrected chi connectivity index (χ1v) is 15.4. The maximum absolute atomic E-state index is 13.8. The van der Waals surface area contributed by atoms with Gasteiger partial charge in [-0.1, -0.05) is 43.8 Å². The zero-order valence-corrected chi connectivity index (χ0v) is 25.0. The Balaban J connectivity index is 1.28. The van der Waals surface area contributed by atoms with Crippen molar-refractivity contribution in [2.75, 3.05) is 30.9 Å². The molecule has 2 fully saturated rings. The van der Waals surface area contributed by atoms with Gasteiger partial charge in [-0.2, -0.15) is 0 Å². The predicted octanol–water partition coefficient (Wildman–Crippen LogP) is 3.83. The fraction of sp³-hybridized carbons (Fsp3) is 0.607. The summed E-state index contributed by atoms with van der Waals surface area (Å²) < 4.78 is 44.4. The van der Waals surface area contributed by atoms with Crippen LogP contribution in [0.15, 0.2) is 23.4 Å². The second kappa shape index (κ2) is 13.7. The van der Waals surface area contributed by atoms with Crippen molar-refractivity contribution in [3.63, 3.8) is 0 Å². The average molecular weight is 623 g/mol. The standard InChI is InChI=1S/C28H36F2N6O6S/c1-4-9-43-27-32-25(31-19-11-16(19)15-5-6-17(29)18(30)10-15)22-26(33-27)36(35-34-22)20-12-21(24(38)23(20)37)40-7-8-41-28(39)42-13-14(2)3/h5-6,10,14,16,19-21,23-24,37-38H,4,7-9,11-13H2,1-3H3,(H,31,32,33)/t16-,19+,20+,21-,23-,24+/m0/s1. The molecule has 2 heterocycles. The minimum Gasteiger partial charge on any atom is -0.434 e. The van der Waals surface area contributed by atoms with Gasteiger partial charge in [-0.15, -0.1) is 5.10 Å². The van der Waals surface area contributed by atoms with Gasteiger partial charge in [0.05, 0.1) is 25.4 Å². The molecule has 43 heavy (non-hydrogen) atoms. The molecule has 0 unspecified atom stereocenters. The van der Waals surface area contributed by atoms with Gasteiger partial charge in [0, 0.05) is 24.1 Å². The first-order valence-electron chi connectivity index (χ1n) is 14.4. The summed E-state index contributed by atoms with van der Waals surface area (Å²) in [5, 5.41) is 34.1. The second-order valence-corrected chi connectivity index (χ2v) is 12.2. The molecule has 2 aliphatic carbocycles. The first kappa shape index (κ1) is 31.3. The minimum absolute atomic E-state index is 0.00457. The molecule has 234 valence electrons. The third-order valence-electron chi connectivity index (χ3n) is 7.31. The van der Waals surface area contributed by atoms with Gasteiger partial charge in [-0.25, -0.2) is 28.2 Å². The van der Waals surface area contributed by atoms with Gasteiger partial charge >= 0.3 is 6.16 Å². The zero-order valence-electron chi connectivity index (χ0n) is 24.2. The highest BCUT2D eigenvalue weighted by molar-refractivity contribution is 7.99. The molecule has 0 radical (unpaired) electrons. The molecule has 3 aromatic rings. The largest absolute Gasteiger partial charge is 0.508 e. The van der Waals surface area contributed by atoms with E-state index >= 15 is 0 Å². The Bertz CT molecular complexity index is 1430. The molecule has 2 aromatic heterocycles. The van der Waals surface area contributed by atoms with E-state index in [1.165, 1.54) is 22.5 Å². The van der Waals surface area contributed by atoms with Crippen LogP contribution < -0.4 is 5.32 Å². The molecule has 0 amide bonds. The molecule has 0 spiro atoms. The van der Waals surface area contributed by atoms with E-state index < -0.39 is 42.1 Å². The number of hydrogen-bond donors (Lipinski definition) is 3. The number of fused-ring (bicyclic) bond motifs is 1. The van der Waals surface area contributed by atoms with Crippen molar-refractivity contribution in [3.8, 4) is 0 Å². The van der Waals surface area contributed by atoms with Crippen LogP contribution in [0.5, 0.6) is 0 Å². The van der Waals surface area contributed by atoms with Crippen molar-refractivity contribution in [2.24, 2.45) is 5.92 Å². The summed E-state index contributed by atoms with van der Waals surface area (Å²) in [4.78, 5) is 21.0. The van der Waals surface area contributed by atoms with Crippen molar-refractivity contribution in [3.05, 3.63) is 35.4 Å². The van der Waals surface area contributed by atoms with Crippen LogP contribution in [0.3, 0.4) is 0 Å². The molecule has 0 bridgehead atoms. The Kier molecular flexibility index (Phi) is 9.94. The Morgan fingerprint density at radius 3 is 2.70 bits per heavy atom. The molecule has 2 aliphatic rings. The summed E-state index contributed by atoms with van der Waals surface area (Å²) >= 11 is 1.46. The Morgan fingerprint density at radius 2 is 1.95 bits per heavy atom. The monoisotopic (exact) mass is 622 g/mol. The van der Waals surface area contributed by atoms with Crippen LogP contribution in [0.25, 0.3) is 11.2 Å². The van der Waals surface area contributed by atoms with Crippen LogP contribution in [-0.2, 0) is 14.2 Å². The lowest BCUT2D eigenvalue weighted by Gasteiger charge is -2.17. The third-order valence-corrected chi connectivity index (χ3v) is 8.36. The summed E-state index contributed by atoms with van der Waals surface area (Å²) in [7, 11) is 0. The van der Waals surface area contributed by atoms with Crippen molar-refractivity contribution >= 4 is 34.9 Å². The SMILES string of the molecule is CCCSc1nc(N[C@@H]2C[C@H]2c2ccc(F)c(F)c2)c2nnn([C@@H]3C[C@H](OCCOC(=O)OCC(C)C)[C@@H](O)[C@H]3O)c2n1. The van der Waals surface area contributed by atoms with Crippen LogP contribution in [0.1, 0.15) is 57.6 Å². The van der Waals surface area contributed by atoms with Crippen molar-refractivity contribution < 1.29 is 38.0 Å². The lowest BCUT2D eigenvalue weighted by atomic mass is 10.1. The minimum atomic E-state index is -1.22. The number of carbonyl (C=O) groups is 1. The van der Waals surface area contributed by atoms with E-state index in [9.17, 15) is 23.8 Å². The molecule has 6 atom stereocenters. The number of nitrogens with one attached hydrogen (secondary N) is 1. The number of benzene rings is 1. The van der Waals surface area contributed by atoms with Gasteiger partial charge < -0.3 is 29.7 Å². The summed E-state index contributed by atoms with van der Waals surface area (Å²) in [5.41, 5.74) is 1.46. The van der Waals surface area contributed by atoms with Gasteiger partial charge in [0.2, 0.25) is 0 Å². The lowest BCUT2D eigenvalue weighted by Crippen LogP contribution is -2.33. The van der Waals surface area contributed by atoms with Gasteiger partial charge in [0.1, 0.15) is 18.8 Å². The second-order valence-electron chi connectivity index (χ2n) is 11.2. The van der Waals surface area contributed by atoms with Crippen molar-refractivity contribution in [1.29, 1.82) is 0 Å². The van der Waals surface area contributed by atoms with E-state index in [-0.39, 0.29) is 44.1 Å². The molecule has 0 aliphatic heterocycles. The smallest absolute Gasteiger partial charge is 0.434 e. The quantitative estimate of drug-likeness (QED) is 0.110. The maximum Gasteiger partial charge on any atom is 0.508 e. The summed E-state index contributed by atoms with van der Waals surface area (Å²) in [6, 6.07) is 3.16. The number of anilines is 1. The summed E-state index contributed by atoms with van der Waals surface area (Å²) in [6.45, 7) is 6.05. The number of halogens is 2. The van der Waals surface area contributed by atoms with Crippen molar-refractivity contribution in [2.45, 2.75) is 81.5 Å².